The molecule has 21 heavy (non-hydrogen) atoms. The zero-order chi connectivity index (χ0) is 14.9. The average Bonchev–Trinajstić information content (AvgIpc) is 2.51. The standard InChI is InChI=1S/C18H24ClNO/c1-16-8-9-18(17(15-16)7-3-4-10-19)21-14-13-20-11-5-2-6-12-20/h8-9,15H,2,4-6,10-14H2,1H3. The first-order valence-electron chi connectivity index (χ1n) is 7.80. The van der Waals surface area contributed by atoms with Crippen molar-refractivity contribution in [3.63, 3.8) is 0 Å². The molecular weight excluding hydrogens is 282 g/mol. The van der Waals surface area contributed by atoms with E-state index in [0.717, 1.165) is 24.5 Å². The maximum absolute atomic E-state index is 5.95. The highest BCUT2D eigenvalue weighted by Crippen LogP contribution is 2.19. The molecule has 1 aliphatic rings. The van der Waals surface area contributed by atoms with E-state index in [2.05, 4.69) is 35.8 Å². The van der Waals surface area contributed by atoms with Gasteiger partial charge in [0.25, 0.3) is 0 Å². The summed E-state index contributed by atoms with van der Waals surface area (Å²) in [5, 5.41) is 0. The first-order chi connectivity index (χ1) is 10.3. The van der Waals surface area contributed by atoms with Gasteiger partial charge in [-0.2, -0.15) is 0 Å². The summed E-state index contributed by atoms with van der Waals surface area (Å²) in [5.41, 5.74) is 2.17. The number of hydrogen-bond acceptors (Lipinski definition) is 2. The topological polar surface area (TPSA) is 12.5 Å². The van der Waals surface area contributed by atoms with Crippen molar-refractivity contribution in [2.45, 2.75) is 32.6 Å². The minimum absolute atomic E-state index is 0.573. The number of piperidine rings is 1. The average molecular weight is 306 g/mol. The Labute approximate surface area is 133 Å². The molecule has 2 nitrogen and oxygen atoms in total. The summed E-state index contributed by atoms with van der Waals surface area (Å²) in [7, 11) is 0. The highest BCUT2D eigenvalue weighted by atomic mass is 35.5. The second kappa shape index (κ2) is 8.97. The van der Waals surface area contributed by atoms with Crippen LogP contribution in [0.3, 0.4) is 0 Å². The van der Waals surface area contributed by atoms with Crippen molar-refractivity contribution in [3.05, 3.63) is 29.3 Å². The Kier molecular flexibility index (Phi) is 6.92. The lowest BCUT2D eigenvalue weighted by atomic mass is 10.1. The minimum Gasteiger partial charge on any atom is -0.491 e. The molecule has 0 unspecified atom stereocenters. The zero-order valence-electron chi connectivity index (χ0n) is 12.8. The molecule has 1 fully saturated rings. The van der Waals surface area contributed by atoms with Gasteiger partial charge in [0.2, 0.25) is 0 Å². The largest absolute Gasteiger partial charge is 0.491 e. The number of hydrogen-bond donors (Lipinski definition) is 0. The van der Waals surface area contributed by atoms with Gasteiger partial charge in [0.1, 0.15) is 12.4 Å². The fourth-order valence-electron chi connectivity index (χ4n) is 2.54. The maximum Gasteiger partial charge on any atom is 0.134 e. The van der Waals surface area contributed by atoms with Crippen LogP contribution in [0.2, 0.25) is 0 Å². The quantitative estimate of drug-likeness (QED) is 0.605. The fraction of sp³-hybridized carbons (Fsp3) is 0.556. The molecule has 0 aliphatic carbocycles. The van der Waals surface area contributed by atoms with Gasteiger partial charge in [-0.15, -0.1) is 11.6 Å². The van der Waals surface area contributed by atoms with Gasteiger partial charge in [0.15, 0.2) is 0 Å². The van der Waals surface area contributed by atoms with Gasteiger partial charge in [-0.25, -0.2) is 0 Å². The van der Waals surface area contributed by atoms with E-state index in [4.69, 9.17) is 16.3 Å². The molecule has 1 saturated heterocycles. The van der Waals surface area contributed by atoms with Gasteiger partial charge in [-0.1, -0.05) is 24.3 Å². The van der Waals surface area contributed by atoms with E-state index in [9.17, 15) is 0 Å². The lowest BCUT2D eigenvalue weighted by Crippen LogP contribution is -2.33. The lowest BCUT2D eigenvalue weighted by molar-refractivity contribution is 0.183. The van der Waals surface area contributed by atoms with Crippen LogP contribution in [0, 0.1) is 18.8 Å². The van der Waals surface area contributed by atoms with Crippen LogP contribution < -0.4 is 4.74 Å². The van der Waals surface area contributed by atoms with Gasteiger partial charge in [0.05, 0.1) is 5.56 Å². The van der Waals surface area contributed by atoms with E-state index in [1.807, 2.05) is 6.07 Å². The Balaban J connectivity index is 1.90. The van der Waals surface area contributed by atoms with Crippen molar-refractivity contribution < 1.29 is 4.74 Å². The molecule has 1 aliphatic heterocycles. The van der Waals surface area contributed by atoms with Gasteiger partial charge < -0.3 is 4.74 Å². The smallest absolute Gasteiger partial charge is 0.134 e. The summed E-state index contributed by atoms with van der Waals surface area (Å²) in [6, 6.07) is 6.18. The van der Waals surface area contributed by atoms with E-state index in [0.29, 0.717) is 12.3 Å². The van der Waals surface area contributed by atoms with Gasteiger partial charge >= 0.3 is 0 Å². The summed E-state index contributed by atoms with van der Waals surface area (Å²) in [4.78, 5) is 2.48. The number of rotatable bonds is 5. The molecule has 1 aromatic carbocycles. The molecule has 2 rings (SSSR count). The maximum atomic E-state index is 5.95. The number of aryl methyl sites for hydroxylation is 1. The van der Waals surface area contributed by atoms with E-state index >= 15 is 0 Å². The normalized spacial score (nSPS) is 15.3. The number of nitrogens with zero attached hydrogens (tertiary/aromatic N) is 1. The van der Waals surface area contributed by atoms with Gasteiger partial charge in [0, 0.05) is 18.8 Å². The number of benzene rings is 1. The molecule has 0 bridgehead atoms. The van der Waals surface area contributed by atoms with Crippen molar-refractivity contribution in [1.82, 2.24) is 4.90 Å². The second-order valence-electron chi connectivity index (χ2n) is 5.49. The highest BCUT2D eigenvalue weighted by Gasteiger charge is 2.10. The fourth-order valence-corrected chi connectivity index (χ4v) is 2.63. The Bertz CT molecular complexity index is 498. The van der Waals surface area contributed by atoms with Crippen LogP contribution in [0.1, 0.15) is 36.8 Å². The summed E-state index contributed by atoms with van der Waals surface area (Å²) in [6.45, 7) is 6.22. The van der Waals surface area contributed by atoms with E-state index in [1.165, 1.54) is 37.9 Å². The lowest BCUT2D eigenvalue weighted by Gasteiger charge is -2.26. The summed E-state index contributed by atoms with van der Waals surface area (Å²) in [5.74, 6) is 7.72. The molecule has 1 aromatic rings. The molecular formula is C18H24ClNO. The number of halogens is 1. The van der Waals surface area contributed by atoms with Crippen LogP contribution in [-0.4, -0.2) is 37.0 Å². The second-order valence-corrected chi connectivity index (χ2v) is 5.87. The van der Waals surface area contributed by atoms with Crippen LogP contribution >= 0.6 is 11.6 Å². The Morgan fingerprint density at radius 2 is 2.05 bits per heavy atom. The van der Waals surface area contributed by atoms with Crippen molar-refractivity contribution in [2.24, 2.45) is 0 Å². The van der Waals surface area contributed by atoms with Gasteiger partial charge in [-0.3, -0.25) is 4.90 Å². The van der Waals surface area contributed by atoms with Crippen molar-refractivity contribution in [2.75, 3.05) is 32.1 Å². The molecule has 0 N–H and O–H groups in total. The number of alkyl halides is 1. The van der Waals surface area contributed by atoms with E-state index in [-0.39, 0.29) is 0 Å². The Hall–Kier alpha value is -1.17. The number of ether oxygens (including phenoxy) is 1. The van der Waals surface area contributed by atoms with Crippen molar-refractivity contribution in [3.8, 4) is 17.6 Å². The molecule has 3 heteroatoms. The predicted octanol–water partition coefficient (Wildman–Crippen LogP) is 3.84. The van der Waals surface area contributed by atoms with Crippen molar-refractivity contribution >= 4 is 11.6 Å². The minimum atomic E-state index is 0.573. The zero-order valence-corrected chi connectivity index (χ0v) is 13.6. The summed E-state index contributed by atoms with van der Waals surface area (Å²) in [6.07, 6.45) is 4.72. The third kappa shape index (κ3) is 5.61. The molecule has 0 aromatic heterocycles. The predicted molar refractivity (Wildman–Crippen MR) is 89.2 cm³/mol. The first-order valence-corrected chi connectivity index (χ1v) is 8.33. The van der Waals surface area contributed by atoms with E-state index in [1.54, 1.807) is 0 Å². The van der Waals surface area contributed by atoms with Crippen molar-refractivity contribution in [1.29, 1.82) is 0 Å². The van der Waals surface area contributed by atoms with Crippen LogP contribution in [0.25, 0.3) is 0 Å². The van der Waals surface area contributed by atoms with Crippen LogP contribution in [-0.2, 0) is 0 Å². The molecule has 0 atom stereocenters. The summed E-state index contributed by atoms with van der Waals surface area (Å²) >= 11 is 5.67. The van der Waals surface area contributed by atoms with Crippen LogP contribution in [0.15, 0.2) is 18.2 Å². The molecule has 0 spiro atoms. The summed E-state index contributed by atoms with van der Waals surface area (Å²) < 4.78 is 5.95. The Morgan fingerprint density at radius 3 is 2.81 bits per heavy atom. The van der Waals surface area contributed by atoms with Crippen LogP contribution in [0.5, 0.6) is 5.75 Å². The first kappa shape index (κ1) is 16.2. The molecule has 0 saturated carbocycles. The third-order valence-electron chi connectivity index (χ3n) is 3.69. The molecule has 1 heterocycles. The monoisotopic (exact) mass is 305 g/mol. The Morgan fingerprint density at radius 1 is 1.24 bits per heavy atom. The van der Waals surface area contributed by atoms with E-state index < -0.39 is 0 Å². The SMILES string of the molecule is Cc1ccc(OCCN2CCCCC2)c(C#CCCCl)c1. The highest BCUT2D eigenvalue weighted by molar-refractivity contribution is 6.18. The van der Waals surface area contributed by atoms with Crippen LogP contribution in [0.4, 0.5) is 0 Å². The van der Waals surface area contributed by atoms with Gasteiger partial charge in [-0.05, 0) is 50.6 Å². The number of likely N-dealkylation sites (tertiary alicyclic amines) is 1. The molecule has 0 radical (unpaired) electrons. The molecule has 114 valence electrons. The molecule has 0 amide bonds. The third-order valence-corrected chi connectivity index (χ3v) is 3.88.